The van der Waals surface area contributed by atoms with E-state index in [1.54, 1.807) is 7.05 Å². The number of para-hydroxylation sites is 1. The third kappa shape index (κ3) is 7.99. The van der Waals surface area contributed by atoms with Crippen molar-refractivity contribution in [2.24, 2.45) is 4.99 Å². The predicted octanol–water partition coefficient (Wildman–Crippen LogP) is 3.36. The first-order valence-electron chi connectivity index (χ1n) is 10.4. The monoisotopic (exact) mass is 556 g/mol. The lowest BCUT2D eigenvalue weighted by Crippen LogP contribution is -2.42. The molecule has 0 amide bonds. The number of benzene rings is 2. The van der Waals surface area contributed by atoms with Gasteiger partial charge in [0.15, 0.2) is 5.96 Å². The molecule has 3 rings (SSSR count). The van der Waals surface area contributed by atoms with Gasteiger partial charge in [-0.05, 0) is 42.5 Å². The molecule has 0 fully saturated rings. The topological polar surface area (TPSA) is 73.8 Å². The van der Waals surface area contributed by atoms with E-state index in [-0.39, 0.29) is 35.8 Å². The summed E-state index contributed by atoms with van der Waals surface area (Å²) in [5.41, 5.74) is 5.26. The number of anilines is 1. The Balaban J connectivity index is 0.00000341. The summed E-state index contributed by atoms with van der Waals surface area (Å²) in [6.07, 6.45) is 2.93. The van der Waals surface area contributed by atoms with Crippen molar-refractivity contribution >= 4 is 45.5 Å². The number of aliphatic imine (C=N–C) groups is 1. The van der Waals surface area contributed by atoms with Gasteiger partial charge in [0, 0.05) is 44.7 Å². The van der Waals surface area contributed by atoms with Crippen LogP contribution in [0.4, 0.5) is 5.69 Å². The molecule has 0 bridgehead atoms. The van der Waals surface area contributed by atoms with E-state index < -0.39 is 9.84 Å². The lowest BCUT2D eigenvalue weighted by atomic mass is 10.1. The zero-order valence-corrected chi connectivity index (χ0v) is 21.6. The molecule has 0 aliphatic carbocycles. The van der Waals surface area contributed by atoms with Crippen LogP contribution in [0.1, 0.15) is 30.0 Å². The van der Waals surface area contributed by atoms with E-state index in [1.807, 2.05) is 6.92 Å². The molecule has 6 nitrogen and oxygen atoms in total. The summed E-state index contributed by atoms with van der Waals surface area (Å²) in [6, 6.07) is 17.3. The molecule has 2 aromatic carbocycles. The van der Waals surface area contributed by atoms with Gasteiger partial charge in [0.25, 0.3) is 0 Å². The molecule has 8 heteroatoms. The maximum absolute atomic E-state index is 11.3. The van der Waals surface area contributed by atoms with Crippen LogP contribution in [0.2, 0.25) is 0 Å². The highest BCUT2D eigenvalue weighted by Gasteiger charge is 2.18. The third-order valence-corrected chi connectivity index (χ3v) is 6.35. The number of hydrogen-bond acceptors (Lipinski definition) is 4. The second kappa shape index (κ2) is 11.7. The second-order valence-electron chi connectivity index (χ2n) is 8.01. The van der Waals surface area contributed by atoms with E-state index in [2.05, 4.69) is 69.1 Å². The zero-order valence-electron chi connectivity index (χ0n) is 18.5. The van der Waals surface area contributed by atoms with E-state index in [1.165, 1.54) is 28.6 Å². The van der Waals surface area contributed by atoms with E-state index in [9.17, 15) is 8.42 Å². The summed E-state index contributed by atoms with van der Waals surface area (Å²) in [5, 5.41) is 6.54. The normalized spacial score (nSPS) is 14.5. The summed E-state index contributed by atoms with van der Waals surface area (Å²) in [5.74, 6) is 0.843. The number of hydrogen-bond donors (Lipinski definition) is 2. The van der Waals surface area contributed by atoms with Gasteiger partial charge in [-0.15, -0.1) is 24.0 Å². The molecule has 0 radical (unpaired) electrons. The van der Waals surface area contributed by atoms with Gasteiger partial charge in [-0.1, -0.05) is 42.5 Å². The standard InChI is InChI=1S/C23H32N4O2S.HI/c1-18(13-15-30(3,28)29)26-23(24-2)25-16-19-8-10-20(11-9-19)17-27-14-12-21-6-4-5-7-22(21)27;/h4-11,18H,12-17H2,1-3H3,(H2,24,25,26);1H. The van der Waals surface area contributed by atoms with Crippen molar-refractivity contribution in [2.45, 2.75) is 38.9 Å². The first-order chi connectivity index (χ1) is 14.3. The summed E-state index contributed by atoms with van der Waals surface area (Å²) in [4.78, 5) is 6.67. The minimum absolute atomic E-state index is 0. The first kappa shape index (κ1) is 25.5. The Labute approximate surface area is 203 Å². The largest absolute Gasteiger partial charge is 0.367 e. The van der Waals surface area contributed by atoms with Crippen LogP contribution in [0.15, 0.2) is 53.5 Å². The number of guanidine groups is 1. The Morgan fingerprint density at radius 2 is 1.81 bits per heavy atom. The lowest BCUT2D eigenvalue weighted by molar-refractivity contribution is 0.581. The van der Waals surface area contributed by atoms with Crippen LogP contribution in [0.5, 0.6) is 0 Å². The fourth-order valence-electron chi connectivity index (χ4n) is 3.63. The van der Waals surface area contributed by atoms with Gasteiger partial charge in [0.05, 0.1) is 5.75 Å². The number of nitrogens with one attached hydrogen (secondary N) is 2. The molecule has 1 aliphatic rings. The van der Waals surface area contributed by atoms with E-state index in [4.69, 9.17) is 0 Å². The third-order valence-electron chi connectivity index (χ3n) is 5.37. The molecule has 1 unspecified atom stereocenters. The average Bonchev–Trinajstić information content (AvgIpc) is 3.13. The molecule has 1 atom stereocenters. The van der Waals surface area contributed by atoms with Crippen LogP contribution >= 0.6 is 24.0 Å². The van der Waals surface area contributed by atoms with Crippen molar-refractivity contribution in [1.82, 2.24) is 10.6 Å². The average molecular weight is 557 g/mol. The summed E-state index contributed by atoms with van der Waals surface area (Å²) >= 11 is 0. The Morgan fingerprint density at radius 1 is 1.13 bits per heavy atom. The summed E-state index contributed by atoms with van der Waals surface area (Å²) in [6.45, 7) is 4.61. The Bertz CT molecular complexity index is 977. The van der Waals surface area contributed by atoms with Gasteiger partial charge in [-0.3, -0.25) is 4.99 Å². The van der Waals surface area contributed by atoms with Gasteiger partial charge in [0.2, 0.25) is 0 Å². The van der Waals surface area contributed by atoms with Gasteiger partial charge < -0.3 is 15.5 Å². The van der Waals surface area contributed by atoms with Crippen molar-refractivity contribution in [1.29, 1.82) is 0 Å². The minimum Gasteiger partial charge on any atom is -0.367 e. The van der Waals surface area contributed by atoms with E-state index >= 15 is 0 Å². The Kier molecular flexibility index (Phi) is 9.61. The number of fused-ring (bicyclic) bond motifs is 1. The molecule has 170 valence electrons. The molecule has 0 saturated heterocycles. The molecule has 1 aliphatic heterocycles. The molecule has 0 saturated carbocycles. The van der Waals surface area contributed by atoms with Gasteiger partial charge in [-0.2, -0.15) is 0 Å². The van der Waals surface area contributed by atoms with Gasteiger partial charge >= 0.3 is 0 Å². The van der Waals surface area contributed by atoms with E-state index in [0.29, 0.717) is 18.9 Å². The molecular formula is C23H33IN4O2S. The molecule has 2 aromatic rings. The van der Waals surface area contributed by atoms with Crippen LogP contribution in [0.3, 0.4) is 0 Å². The van der Waals surface area contributed by atoms with Crippen LogP contribution < -0.4 is 15.5 Å². The number of sulfone groups is 1. The highest BCUT2D eigenvalue weighted by Crippen LogP contribution is 2.28. The predicted molar refractivity (Wildman–Crippen MR) is 140 cm³/mol. The van der Waals surface area contributed by atoms with Crippen molar-refractivity contribution in [3.05, 3.63) is 65.2 Å². The fraction of sp³-hybridized carbons (Fsp3) is 0.435. The maximum atomic E-state index is 11.3. The highest BCUT2D eigenvalue weighted by molar-refractivity contribution is 14.0. The SMILES string of the molecule is CN=C(NCc1ccc(CN2CCc3ccccc32)cc1)NC(C)CCS(C)(=O)=O.I. The van der Waals surface area contributed by atoms with Crippen molar-refractivity contribution in [3.63, 3.8) is 0 Å². The lowest BCUT2D eigenvalue weighted by Gasteiger charge is -2.20. The molecular weight excluding hydrogens is 523 g/mol. The van der Waals surface area contributed by atoms with Crippen LogP contribution in [0, 0.1) is 0 Å². The summed E-state index contributed by atoms with van der Waals surface area (Å²) in [7, 11) is -1.23. The van der Waals surface area contributed by atoms with Crippen molar-refractivity contribution in [3.8, 4) is 0 Å². The smallest absolute Gasteiger partial charge is 0.191 e. The quantitative estimate of drug-likeness (QED) is 0.297. The van der Waals surface area contributed by atoms with E-state index in [0.717, 1.165) is 19.5 Å². The van der Waals surface area contributed by atoms with Crippen molar-refractivity contribution < 1.29 is 8.42 Å². The Hall–Kier alpha value is -1.81. The highest BCUT2D eigenvalue weighted by atomic mass is 127. The number of halogens is 1. The number of rotatable bonds is 8. The molecule has 1 heterocycles. The molecule has 0 spiro atoms. The maximum Gasteiger partial charge on any atom is 0.191 e. The van der Waals surface area contributed by atoms with Gasteiger partial charge in [-0.25, -0.2) is 8.42 Å². The molecule has 2 N–H and O–H groups in total. The minimum atomic E-state index is -2.95. The fourth-order valence-corrected chi connectivity index (χ4v) is 4.41. The molecule has 0 aromatic heterocycles. The molecule has 31 heavy (non-hydrogen) atoms. The Morgan fingerprint density at radius 3 is 2.48 bits per heavy atom. The zero-order chi connectivity index (χ0) is 21.6. The van der Waals surface area contributed by atoms with Gasteiger partial charge in [0.1, 0.15) is 9.84 Å². The number of nitrogens with zero attached hydrogens (tertiary/aromatic N) is 2. The van der Waals surface area contributed by atoms with Crippen LogP contribution in [-0.2, 0) is 29.3 Å². The van der Waals surface area contributed by atoms with Crippen LogP contribution in [-0.4, -0.2) is 46.0 Å². The first-order valence-corrected chi connectivity index (χ1v) is 12.5. The second-order valence-corrected chi connectivity index (χ2v) is 10.3. The van der Waals surface area contributed by atoms with Crippen LogP contribution in [0.25, 0.3) is 0 Å². The summed E-state index contributed by atoms with van der Waals surface area (Å²) < 4.78 is 22.6. The van der Waals surface area contributed by atoms with Crippen molar-refractivity contribution in [2.75, 3.05) is 30.5 Å².